The highest BCUT2D eigenvalue weighted by molar-refractivity contribution is 9.10. The maximum atomic E-state index is 13.6. The van der Waals surface area contributed by atoms with E-state index in [1.54, 1.807) is 20.8 Å². The van der Waals surface area contributed by atoms with Crippen LogP contribution in [0.15, 0.2) is 28.9 Å². The van der Waals surface area contributed by atoms with E-state index in [4.69, 9.17) is 9.47 Å². The molecular weight excluding hydrogens is 562 g/mol. The van der Waals surface area contributed by atoms with Crippen molar-refractivity contribution >= 4 is 50.4 Å². The second kappa shape index (κ2) is 11.1. The van der Waals surface area contributed by atoms with Crippen LogP contribution >= 0.6 is 15.9 Å². The summed E-state index contributed by atoms with van der Waals surface area (Å²) in [6.45, 7) is 15.0. The van der Waals surface area contributed by atoms with Gasteiger partial charge in [-0.3, -0.25) is 14.5 Å². The molecule has 0 saturated heterocycles. The lowest BCUT2D eigenvalue weighted by Crippen LogP contribution is -2.47. The molecule has 1 aromatic heterocycles. The van der Waals surface area contributed by atoms with E-state index in [0.717, 1.165) is 22.1 Å². The molecule has 3 atom stereocenters. The van der Waals surface area contributed by atoms with Gasteiger partial charge in [-0.1, -0.05) is 32.1 Å². The minimum atomic E-state index is -1.02. The van der Waals surface area contributed by atoms with Crippen molar-refractivity contribution in [3.63, 3.8) is 0 Å². The van der Waals surface area contributed by atoms with Gasteiger partial charge >= 0.3 is 12.1 Å². The molecule has 1 aliphatic carbocycles. The van der Waals surface area contributed by atoms with Crippen molar-refractivity contribution in [3.8, 4) is 0 Å². The van der Waals surface area contributed by atoms with Crippen molar-refractivity contribution in [2.45, 2.75) is 67.2 Å². The summed E-state index contributed by atoms with van der Waals surface area (Å²) in [5.74, 6) is -0.743. The van der Waals surface area contributed by atoms with E-state index in [1.807, 2.05) is 44.7 Å². The van der Waals surface area contributed by atoms with Crippen LogP contribution in [0.25, 0.3) is 16.5 Å². The maximum Gasteiger partial charge on any atom is 0.422 e. The topological polar surface area (TPSA) is 81.1 Å². The predicted octanol–water partition coefficient (Wildman–Crippen LogP) is 5.70. The minimum Gasteiger partial charge on any atom is -0.424 e. The summed E-state index contributed by atoms with van der Waals surface area (Å²) in [4.78, 5) is 43.5. The number of amides is 1. The average molecular weight is 603 g/mol. The lowest BCUT2D eigenvalue weighted by atomic mass is 9.79. The molecule has 212 valence electrons. The number of benzene rings is 1. The van der Waals surface area contributed by atoms with Gasteiger partial charge in [-0.05, 0) is 86.8 Å². The first-order chi connectivity index (χ1) is 18.3. The van der Waals surface area contributed by atoms with Crippen molar-refractivity contribution < 1.29 is 23.9 Å². The molecule has 39 heavy (non-hydrogen) atoms. The van der Waals surface area contributed by atoms with E-state index in [-0.39, 0.29) is 23.8 Å². The number of carbonyl (C=O) groups is 3. The van der Waals surface area contributed by atoms with Gasteiger partial charge in [0.25, 0.3) is 6.29 Å². The highest BCUT2D eigenvalue weighted by Gasteiger charge is 2.39. The number of esters is 1. The number of hydrogen-bond acceptors (Lipinski definition) is 6. The molecule has 2 heterocycles. The minimum absolute atomic E-state index is 0.0863. The van der Waals surface area contributed by atoms with Crippen molar-refractivity contribution in [2.75, 3.05) is 26.7 Å². The lowest BCUT2D eigenvalue weighted by molar-refractivity contribution is -0.184. The van der Waals surface area contributed by atoms with Crippen LogP contribution in [0.4, 0.5) is 4.79 Å². The zero-order chi connectivity index (χ0) is 28.8. The average Bonchev–Trinajstić information content (AvgIpc) is 3.16. The Kier molecular flexibility index (Phi) is 8.34. The largest absolute Gasteiger partial charge is 0.424 e. The summed E-state index contributed by atoms with van der Waals surface area (Å²) >= 11 is 3.70. The number of hydrogen-bond donors (Lipinski definition) is 0. The Hall–Kier alpha value is -2.65. The lowest BCUT2D eigenvalue weighted by Gasteiger charge is -2.40. The fraction of sp³-hybridized carbons (Fsp3) is 0.567. The third-order valence-corrected chi connectivity index (χ3v) is 8.50. The van der Waals surface area contributed by atoms with Crippen molar-refractivity contribution in [2.24, 2.45) is 17.3 Å². The maximum absolute atomic E-state index is 13.6. The first kappa shape index (κ1) is 29.3. The third-order valence-electron chi connectivity index (χ3n) is 7.67. The van der Waals surface area contributed by atoms with Crippen LogP contribution in [0.3, 0.4) is 0 Å². The second-order valence-electron chi connectivity index (χ2n) is 11.9. The number of aromatic nitrogens is 1. The molecule has 2 aromatic rings. The molecule has 0 saturated carbocycles. The molecule has 2 aliphatic rings. The summed E-state index contributed by atoms with van der Waals surface area (Å²) in [6, 6.07) is 5.97. The van der Waals surface area contributed by atoms with Crippen LogP contribution < -0.4 is 0 Å². The number of halogens is 1. The van der Waals surface area contributed by atoms with Crippen LogP contribution in [0.2, 0.25) is 0 Å². The van der Waals surface area contributed by atoms with Crippen LogP contribution in [0.1, 0.15) is 59.6 Å². The summed E-state index contributed by atoms with van der Waals surface area (Å²) in [6.07, 6.45) is 1.19. The second-order valence-corrected chi connectivity index (χ2v) is 12.6. The van der Waals surface area contributed by atoms with Crippen LogP contribution in [-0.2, 0) is 25.5 Å². The Morgan fingerprint density at radius 2 is 1.79 bits per heavy atom. The molecular formula is C30H40BrN3O5. The van der Waals surface area contributed by atoms with E-state index in [2.05, 4.69) is 40.0 Å². The first-order valence-corrected chi connectivity index (χ1v) is 14.5. The summed E-state index contributed by atoms with van der Waals surface area (Å²) in [5, 5.41) is 0.973. The van der Waals surface area contributed by atoms with Gasteiger partial charge < -0.3 is 14.4 Å². The van der Waals surface area contributed by atoms with Gasteiger partial charge in [-0.15, -0.1) is 0 Å². The van der Waals surface area contributed by atoms with Crippen LogP contribution in [-0.4, -0.2) is 71.4 Å². The van der Waals surface area contributed by atoms with Gasteiger partial charge in [0, 0.05) is 37.0 Å². The molecule has 0 radical (unpaired) electrons. The zero-order valence-electron chi connectivity index (χ0n) is 24.2. The Bertz CT molecular complexity index is 1320. The molecule has 0 bridgehead atoms. The van der Waals surface area contributed by atoms with Gasteiger partial charge in [0.05, 0.1) is 21.5 Å². The van der Waals surface area contributed by atoms with E-state index in [0.29, 0.717) is 36.2 Å². The van der Waals surface area contributed by atoms with Gasteiger partial charge in [0.2, 0.25) is 5.91 Å². The molecule has 4 rings (SSSR count). The van der Waals surface area contributed by atoms with E-state index in [1.165, 1.54) is 4.57 Å². The number of fused-ring (bicyclic) bond motifs is 2. The van der Waals surface area contributed by atoms with Gasteiger partial charge in [0.1, 0.15) is 0 Å². The third kappa shape index (κ3) is 5.40. The highest BCUT2D eigenvalue weighted by Crippen LogP contribution is 2.45. The van der Waals surface area contributed by atoms with E-state index in [9.17, 15) is 14.4 Å². The molecule has 1 unspecified atom stereocenters. The van der Waals surface area contributed by atoms with Gasteiger partial charge in [-0.25, -0.2) is 9.36 Å². The fourth-order valence-electron chi connectivity index (χ4n) is 5.43. The van der Waals surface area contributed by atoms with Crippen molar-refractivity contribution in [1.82, 2.24) is 14.4 Å². The summed E-state index contributed by atoms with van der Waals surface area (Å²) < 4.78 is 13.5. The van der Waals surface area contributed by atoms with Gasteiger partial charge in [-0.2, -0.15) is 0 Å². The van der Waals surface area contributed by atoms with E-state index < -0.39 is 23.8 Å². The SMILES string of the molecule is CCN(CC)C(=O)[C@@H]1C=C2c3cccc4c3c(c(Br)n4C(=O)OC(OC(=O)C(C)(C)C)C(C)C)C[C@H]2N(C)C1. The zero-order valence-corrected chi connectivity index (χ0v) is 25.8. The Balaban J connectivity index is 1.74. The van der Waals surface area contributed by atoms with Crippen molar-refractivity contribution in [3.05, 3.63) is 40.0 Å². The first-order valence-electron chi connectivity index (χ1n) is 13.7. The molecule has 9 heteroatoms. The predicted molar refractivity (Wildman–Crippen MR) is 155 cm³/mol. The number of nitrogens with zero attached hydrogens (tertiary/aromatic N) is 3. The number of rotatable bonds is 6. The summed E-state index contributed by atoms with van der Waals surface area (Å²) in [7, 11) is 2.06. The molecule has 1 amide bonds. The van der Waals surface area contributed by atoms with E-state index >= 15 is 0 Å². The standard InChI is InChI=1S/C30H40BrN3O5/c1-9-33(10-2)26(35)18-14-20-19-12-11-13-22-24(19)21(15-23(20)32(8)16-18)25(31)34(22)29(37)39-27(17(3)4)38-28(36)30(5,6)7/h11-14,17-18,23,27H,9-10,15-16H2,1-8H3/t18-,23-,27?/m1/s1. The van der Waals surface area contributed by atoms with Crippen LogP contribution in [0.5, 0.6) is 0 Å². The number of carbonyl (C=O) groups excluding carboxylic acids is 3. The Morgan fingerprint density at radius 3 is 2.38 bits per heavy atom. The van der Waals surface area contributed by atoms with Gasteiger partial charge in [0.15, 0.2) is 0 Å². The highest BCUT2D eigenvalue weighted by atomic mass is 79.9. The molecule has 0 spiro atoms. The normalized spacial score (nSPS) is 19.9. The monoisotopic (exact) mass is 601 g/mol. The molecule has 0 fully saturated rings. The molecule has 1 aliphatic heterocycles. The molecule has 1 aromatic carbocycles. The fourth-order valence-corrected chi connectivity index (χ4v) is 6.12. The smallest absolute Gasteiger partial charge is 0.422 e. The number of ether oxygens (including phenoxy) is 2. The Morgan fingerprint density at radius 1 is 1.13 bits per heavy atom. The summed E-state index contributed by atoms with van der Waals surface area (Å²) in [5.41, 5.74) is 3.15. The van der Waals surface area contributed by atoms with Crippen molar-refractivity contribution in [1.29, 1.82) is 0 Å². The quantitative estimate of drug-likeness (QED) is 0.312. The number of likely N-dealkylation sites (N-methyl/N-ethyl adjacent to an activating group) is 1. The van der Waals surface area contributed by atoms with Crippen LogP contribution in [0, 0.1) is 17.3 Å². The Labute approximate surface area is 239 Å². The molecule has 8 nitrogen and oxygen atoms in total. The molecule has 0 N–H and O–H groups in total.